The lowest BCUT2D eigenvalue weighted by Gasteiger charge is -2.42. The van der Waals surface area contributed by atoms with Gasteiger partial charge in [-0.3, -0.25) is 0 Å². The molecule has 0 saturated carbocycles. The third kappa shape index (κ3) is 16.8. The number of benzene rings is 2. The van der Waals surface area contributed by atoms with Gasteiger partial charge in [0.15, 0.2) is 16.6 Å². The predicted octanol–water partition coefficient (Wildman–Crippen LogP) is 7.30. The Labute approximate surface area is 292 Å². The van der Waals surface area contributed by atoms with Crippen LogP contribution < -0.4 is 0 Å². The maximum atomic E-state index is 11.6. The molecule has 0 N–H and O–H groups in total. The van der Waals surface area contributed by atoms with Gasteiger partial charge in [0.1, 0.15) is 13.2 Å². The topological polar surface area (TPSA) is 98.8 Å². The minimum atomic E-state index is -2.74. The number of methoxy groups -OCH3 is 1. The third-order valence-electron chi connectivity index (χ3n) is 7.17. The molecule has 0 bridgehead atoms. The number of ether oxygens (including phenoxy) is 4. The zero-order valence-corrected chi connectivity index (χ0v) is 34.2. The molecule has 2 aromatic rings. The molecule has 0 aliphatic heterocycles. The predicted molar refractivity (Wildman–Crippen MR) is 200 cm³/mol. The van der Waals surface area contributed by atoms with Gasteiger partial charge in [0.2, 0.25) is 0 Å². The Morgan fingerprint density at radius 3 is 1.62 bits per heavy atom. The highest BCUT2D eigenvalue weighted by atomic mass is 28.5. The summed E-state index contributed by atoms with van der Waals surface area (Å²) in [5.41, 5.74) is 4.13. The van der Waals surface area contributed by atoms with E-state index in [1.807, 2.05) is 24.3 Å². The van der Waals surface area contributed by atoms with Crippen molar-refractivity contribution in [1.29, 1.82) is 0 Å². The summed E-state index contributed by atoms with van der Waals surface area (Å²) >= 11 is 0. The van der Waals surface area contributed by atoms with Crippen molar-refractivity contribution in [3.63, 3.8) is 0 Å². The van der Waals surface area contributed by atoms with Gasteiger partial charge in [-0.05, 0) is 92.6 Å². The summed E-state index contributed by atoms with van der Waals surface area (Å²) in [6.45, 7) is 24.4. The van der Waals surface area contributed by atoms with Crippen LogP contribution in [0.2, 0.25) is 51.9 Å². The molecule has 0 saturated heterocycles. The van der Waals surface area contributed by atoms with Crippen molar-refractivity contribution in [2.75, 3.05) is 26.9 Å². The first kappa shape index (κ1) is 41.7. The van der Waals surface area contributed by atoms with E-state index in [2.05, 4.69) is 83.3 Å². The number of hydrogen-bond donors (Lipinski definition) is 0. The van der Waals surface area contributed by atoms with E-state index in [0.29, 0.717) is 19.8 Å². The molecule has 0 radical (unpaired) electrons. The van der Waals surface area contributed by atoms with Crippen molar-refractivity contribution < 1.29 is 40.9 Å². The first-order valence-electron chi connectivity index (χ1n) is 16.4. The largest absolute Gasteiger partial charge is 0.458 e. The van der Waals surface area contributed by atoms with Crippen molar-refractivity contribution in [1.82, 2.24) is 0 Å². The van der Waals surface area contributed by atoms with Crippen molar-refractivity contribution >= 4 is 45.7 Å². The van der Waals surface area contributed by atoms with Gasteiger partial charge in [-0.25, -0.2) is 9.59 Å². The van der Waals surface area contributed by atoms with Crippen LogP contribution in [-0.2, 0) is 66.2 Å². The van der Waals surface area contributed by atoms with Crippen LogP contribution in [0.25, 0.3) is 0 Å². The maximum absolute atomic E-state index is 11.6. The van der Waals surface area contributed by atoms with E-state index in [9.17, 15) is 9.59 Å². The molecule has 0 aliphatic rings. The summed E-state index contributed by atoms with van der Waals surface area (Å²) in [5.74, 6) is -0.880. The first-order chi connectivity index (χ1) is 22.5. The molecule has 0 heterocycles. The summed E-state index contributed by atoms with van der Waals surface area (Å²) < 4.78 is 42.6. The normalized spacial score (nSPS) is 13.4. The van der Waals surface area contributed by atoms with Gasteiger partial charge in [0, 0.05) is 25.9 Å². The molecular formula is C35H56O9Si4. The fourth-order valence-electron chi connectivity index (χ4n) is 5.79. The van der Waals surface area contributed by atoms with Gasteiger partial charge in [-0.2, -0.15) is 0 Å². The van der Waals surface area contributed by atoms with E-state index in [0.717, 1.165) is 46.8 Å². The molecule has 266 valence electrons. The van der Waals surface area contributed by atoms with Crippen LogP contribution in [0.1, 0.15) is 28.7 Å². The average Bonchev–Trinajstić information content (AvgIpc) is 2.98. The second kappa shape index (κ2) is 19.6. The van der Waals surface area contributed by atoms with Crippen LogP contribution in [0.5, 0.6) is 0 Å². The summed E-state index contributed by atoms with van der Waals surface area (Å²) in [6.07, 6.45) is 3.16. The molecule has 1 atom stereocenters. The lowest BCUT2D eigenvalue weighted by molar-refractivity contribution is -0.139. The van der Waals surface area contributed by atoms with Gasteiger partial charge in [-0.1, -0.05) is 61.7 Å². The Balaban J connectivity index is 2.18. The van der Waals surface area contributed by atoms with E-state index in [1.165, 1.54) is 12.2 Å². The zero-order chi connectivity index (χ0) is 35.8. The van der Waals surface area contributed by atoms with Crippen molar-refractivity contribution in [2.24, 2.45) is 0 Å². The second-order valence-electron chi connectivity index (χ2n) is 13.7. The molecular weight excluding hydrogens is 677 g/mol. The van der Waals surface area contributed by atoms with Crippen LogP contribution in [0, 0.1) is 0 Å². The Bertz CT molecular complexity index is 1350. The summed E-state index contributed by atoms with van der Waals surface area (Å²) in [7, 11) is -8.27. The smallest absolute Gasteiger partial charge is 0.330 e. The van der Waals surface area contributed by atoms with Crippen LogP contribution in [0.4, 0.5) is 0 Å². The van der Waals surface area contributed by atoms with Crippen LogP contribution in [0.3, 0.4) is 0 Å². The zero-order valence-electron chi connectivity index (χ0n) is 30.2. The van der Waals surface area contributed by atoms with E-state index in [1.54, 1.807) is 7.11 Å². The Kier molecular flexibility index (Phi) is 17.1. The minimum Gasteiger partial charge on any atom is -0.458 e. The molecule has 2 rings (SSSR count). The third-order valence-corrected chi connectivity index (χ3v) is 22.8. The Morgan fingerprint density at radius 2 is 1.15 bits per heavy atom. The maximum Gasteiger partial charge on any atom is 0.330 e. The Hall–Kier alpha value is -2.47. The first-order valence-corrected chi connectivity index (χ1v) is 28.0. The highest BCUT2D eigenvalue weighted by Crippen LogP contribution is 2.30. The lowest BCUT2D eigenvalue weighted by Crippen LogP contribution is -2.58. The summed E-state index contributed by atoms with van der Waals surface area (Å²) in [5, 5.41) is 0. The highest BCUT2D eigenvalue weighted by Gasteiger charge is 2.46. The van der Waals surface area contributed by atoms with Crippen LogP contribution in [-0.4, -0.2) is 72.6 Å². The number of rotatable bonds is 23. The van der Waals surface area contributed by atoms with Gasteiger partial charge in [0.25, 0.3) is 0 Å². The molecule has 0 amide bonds. The SMILES string of the molecule is C=CC(=O)OCc1cccc(C[Si](C)(C)O[Si](C)(C)O[Si](C)(CCCOCCOC)O[Si](C)(C)Cc2cccc(COC(=O)C=C)c2)c1. The van der Waals surface area contributed by atoms with Crippen molar-refractivity contribution in [2.45, 2.75) is 83.6 Å². The molecule has 9 nitrogen and oxygen atoms in total. The minimum absolute atomic E-state index is 0.198. The fraction of sp³-hybridized carbons (Fsp3) is 0.486. The summed E-state index contributed by atoms with van der Waals surface area (Å²) in [6, 6.07) is 18.6. The lowest BCUT2D eigenvalue weighted by atomic mass is 10.1. The van der Waals surface area contributed by atoms with E-state index in [4.69, 9.17) is 31.3 Å². The summed E-state index contributed by atoms with van der Waals surface area (Å²) in [4.78, 5) is 23.1. The monoisotopic (exact) mass is 732 g/mol. The molecule has 0 fully saturated rings. The van der Waals surface area contributed by atoms with E-state index in [-0.39, 0.29) is 13.2 Å². The standard InChI is InChI=1S/C35H56O9Si4/c1-11-34(36)40-26-30-16-13-18-32(24-30)28-45(4,5)42-47(8,9)44-48(10,23-15-20-39-22-21-38-3)43-46(6,7)29-33-19-14-17-31(25-33)27-41-35(37)12-2/h11-14,16-19,24-25H,1-2,15,20-23,26-29H2,3-10H3. The van der Waals surface area contributed by atoms with Crippen molar-refractivity contribution in [3.05, 3.63) is 96.1 Å². The number of esters is 2. The number of hydrogen-bond acceptors (Lipinski definition) is 9. The molecule has 48 heavy (non-hydrogen) atoms. The molecule has 13 heteroatoms. The molecule has 0 aliphatic carbocycles. The molecule has 2 aromatic carbocycles. The number of carbonyl (C=O) groups is 2. The van der Waals surface area contributed by atoms with Crippen LogP contribution in [0.15, 0.2) is 73.8 Å². The van der Waals surface area contributed by atoms with Crippen molar-refractivity contribution in [3.8, 4) is 0 Å². The average molecular weight is 733 g/mol. The molecule has 1 unspecified atom stereocenters. The molecule has 0 aromatic heterocycles. The second-order valence-corrected chi connectivity index (χ2v) is 29.4. The highest BCUT2D eigenvalue weighted by molar-refractivity contribution is 6.89. The van der Waals surface area contributed by atoms with Gasteiger partial charge < -0.3 is 31.3 Å². The molecule has 0 spiro atoms. The van der Waals surface area contributed by atoms with E-state index >= 15 is 0 Å². The van der Waals surface area contributed by atoms with Crippen LogP contribution >= 0.6 is 0 Å². The number of carbonyl (C=O) groups excluding carboxylic acids is 2. The van der Waals surface area contributed by atoms with Gasteiger partial charge in [-0.15, -0.1) is 0 Å². The Morgan fingerprint density at radius 1 is 0.667 bits per heavy atom. The fourth-order valence-corrected chi connectivity index (χ4v) is 25.6. The van der Waals surface area contributed by atoms with E-state index < -0.39 is 45.7 Å². The quantitative estimate of drug-likeness (QED) is 0.0505. The van der Waals surface area contributed by atoms with Gasteiger partial charge >= 0.3 is 29.1 Å². The van der Waals surface area contributed by atoms with Gasteiger partial charge in [0.05, 0.1) is 13.2 Å².